The largest absolute Gasteiger partial charge is 0.508 e. The Labute approximate surface area is 155 Å². The van der Waals surface area contributed by atoms with Gasteiger partial charge in [0.15, 0.2) is 6.23 Å². The maximum atomic E-state index is 10.5. The average molecular weight is 352 g/mol. The molecule has 4 atom stereocenters. The molecule has 2 aromatic carbocycles. The Hall–Kier alpha value is -2.04. The summed E-state index contributed by atoms with van der Waals surface area (Å²) in [6.45, 7) is 8.89. The molecule has 2 heterocycles. The molecule has 1 saturated heterocycles. The van der Waals surface area contributed by atoms with Crippen LogP contribution in [0, 0.1) is 11.8 Å². The molecule has 4 heteroatoms. The van der Waals surface area contributed by atoms with Gasteiger partial charge in [-0.2, -0.15) is 0 Å². The van der Waals surface area contributed by atoms with E-state index in [0.717, 1.165) is 11.3 Å². The Bertz CT molecular complexity index is 789. The molecule has 0 amide bonds. The Morgan fingerprint density at radius 1 is 0.923 bits per heavy atom. The fourth-order valence-electron chi connectivity index (χ4n) is 4.41. The minimum Gasteiger partial charge on any atom is -0.508 e. The molecule has 2 aromatic rings. The zero-order valence-corrected chi connectivity index (χ0v) is 15.9. The lowest BCUT2D eigenvalue weighted by Crippen LogP contribution is -2.53. The van der Waals surface area contributed by atoms with Crippen molar-refractivity contribution in [1.29, 1.82) is 0 Å². The fourth-order valence-corrected chi connectivity index (χ4v) is 4.41. The van der Waals surface area contributed by atoms with E-state index in [1.165, 1.54) is 5.56 Å². The Morgan fingerprint density at radius 2 is 1.58 bits per heavy atom. The van der Waals surface area contributed by atoms with E-state index in [4.69, 9.17) is 4.74 Å². The van der Waals surface area contributed by atoms with Crippen molar-refractivity contribution in [3.63, 3.8) is 0 Å². The molecule has 0 aromatic heterocycles. The van der Waals surface area contributed by atoms with E-state index in [1.54, 1.807) is 6.07 Å². The third-order valence-electron chi connectivity index (χ3n) is 5.56. The lowest BCUT2D eigenvalue weighted by atomic mass is 9.90. The van der Waals surface area contributed by atoms with Gasteiger partial charge in [-0.25, -0.2) is 4.90 Å². The summed E-state index contributed by atoms with van der Waals surface area (Å²) in [6, 6.07) is 16.1. The van der Waals surface area contributed by atoms with Gasteiger partial charge in [0.2, 0.25) is 0 Å². The van der Waals surface area contributed by atoms with Gasteiger partial charge in [-0.1, -0.05) is 64.1 Å². The van der Waals surface area contributed by atoms with Crippen LogP contribution in [0.25, 0.3) is 0 Å². The molecule has 0 radical (unpaired) electrons. The quantitative estimate of drug-likeness (QED) is 0.857. The minimum absolute atomic E-state index is 0.00524. The SMILES string of the molecule is CC(C)[C@H]1Oc2ccccc2[C@@H]2[C@@H](c3ccccc3O)N[C@@H](C(C)C)N12. The molecule has 0 saturated carbocycles. The molecule has 4 rings (SSSR count). The van der Waals surface area contributed by atoms with E-state index in [-0.39, 0.29) is 24.5 Å². The molecule has 1 fully saturated rings. The van der Waals surface area contributed by atoms with Gasteiger partial charge in [0.05, 0.1) is 18.2 Å². The van der Waals surface area contributed by atoms with E-state index in [9.17, 15) is 5.11 Å². The number of nitrogens with one attached hydrogen (secondary N) is 1. The number of para-hydroxylation sites is 2. The summed E-state index contributed by atoms with van der Waals surface area (Å²) >= 11 is 0. The normalized spacial score (nSPS) is 28.1. The highest BCUT2D eigenvalue weighted by Crippen LogP contribution is 2.51. The number of aromatic hydroxyl groups is 1. The maximum Gasteiger partial charge on any atom is 0.156 e. The molecule has 4 nitrogen and oxygen atoms in total. The Balaban J connectivity index is 1.88. The van der Waals surface area contributed by atoms with Crippen LogP contribution >= 0.6 is 0 Å². The topological polar surface area (TPSA) is 44.7 Å². The summed E-state index contributed by atoms with van der Waals surface area (Å²) in [5.41, 5.74) is 2.14. The van der Waals surface area contributed by atoms with Crippen LogP contribution in [0.1, 0.15) is 50.9 Å². The van der Waals surface area contributed by atoms with Gasteiger partial charge < -0.3 is 9.84 Å². The van der Waals surface area contributed by atoms with Crippen LogP contribution in [0.4, 0.5) is 0 Å². The molecular formula is C22H28N2O2. The van der Waals surface area contributed by atoms with Gasteiger partial charge >= 0.3 is 0 Å². The molecule has 2 aliphatic rings. The van der Waals surface area contributed by atoms with Gasteiger partial charge in [0, 0.05) is 17.0 Å². The summed E-state index contributed by atoms with van der Waals surface area (Å²) in [4.78, 5) is 2.48. The number of nitrogens with zero attached hydrogens (tertiary/aromatic N) is 1. The molecule has 2 N–H and O–H groups in total. The number of ether oxygens (including phenoxy) is 1. The minimum atomic E-state index is 0.00524. The number of hydrogen-bond acceptors (Lipinski definition) is 4. The summed E-state index contributed by atoms with van der Waals surface area (Å²) in [7, 11) is 0. The number of benzene rings is 2. The van der Waals surface area contributed by atoms with Crippen LogP contribution in [-0.4, -0.2) is 22.4 Å². The van der Waals surface area contributed by atoms with Gasteiger partial charge in [-0.05, 0) is 18.1 Å². The van der Waals surface area contributed by atoms with Crippen LogP contribution in [0.5, 0.6) is 11.5 Å². The first kappa shape index (κ1) is 17.4. The number of hydrogen-bond donors (Lipinski definition) is 2. The predicted molar refractivity (Wildman–Crippen MR) is 103 cm³/mol. The lowest BCUT2D eigenvalue weighted by Gasteiger charge is -2.44. The van der Waals surface area contributed by atoms with Crippen molar-refractivity contribution in [2.75, 3.05) is 0 Å². The van der Waals surface area contributed by atoms with Gasteiger partial charge in [0.25, 0.3) is 0 Å². The first-order chi connectivity index (χ1) is 12.5. The van der Waals surface area contributed by atoms with E-state index in [0.29, 0.717) is 17.6 Å². The number of phenols is 1. The molecule has 0 aliphatic carbocycles. The van der Waals surface area contributed by atoms with E-state index < -0.39 is 0 Å². The zero-order valence-electron chi connectivity index (χ0n) is 15.9. The zero-order chi connectivity index (χ0) is 18.4. The highest BCUT2D eigenvalue weighted by atomic mass is 16.5. The predicted octanol–water partition coefficient (Wildman–Crippen LogP) is 4.44. The summed E-state index contributed by atoms with van der Waals surface area (Å²) in [5, 5.41) is 14.3. The highest BCUT2D eigenvalue weighted by Gasteiger charge is 2.51. The van der Waals surface area contributed by atoms with Crippen molar-refractivity contribution >= 4 is 0 Å². The van der Waals surface area contributed by atoms with Crippen LogP contribution in [0.3, 0.4) is 0 Å². The Kier molecular flexibility index (Phi) is 4.41. The smallest absolute Gasteiger partial charge is 0.156 e. The van der Waals surface area contributed by atoms with Gasteiger partial charge in [-0.3, -0.25) is 5.32 Å². The first-order valence-corrected chi connectivity index (χ1v) is 9.56. The molecular weight excluding hydrogens is 324 g/mol. The number of rotatable bonds is 3. The van der Waals surface area contributed by atoms with Gasteiger partial charge in [-0.15, -0.1) is 0 Å². The van der Waals surface area contributed by atoms with E-state index >= 15 is 0 Å². The van der Waals surface area contributed by atoms with Crippen LogP contribution in [-0.2, 0) is 0 Å². The first-order valence-electron chi connectivity index (χ1n) is 9.56. The van der Waals surface area contributed by atoms with Crippen molar-refractivity contribution in [3.8, 4) is 11.5 Å². The Morgan fingerprint density at radius 3 is 2.23 bits per heavy atom. The standard InChI is InChI=1S/C22H28N2O2/c1-13(2)21-23-19(15-9-5-7-11-17(15)25)20-16-10-6-8-12-18(16)26-22(14(3)4)24(20)21/h5-14,19-23,25H,1-4H3/t19-,20-,21-,22-/m1/s1. The molecule has 26 heavy (non-hydrogen) atoms. The second-order valence-corrected chi connectivity index (χ2v) is 8.07. The van der Waals surface area contributed by atoms with E-state index in [2.05, 4.69) is 56.1 Å². The molecule has 138 valence electrons. The van der Waals surface area contributed by atoms with E-state index in [1.807, 2.05) is 24.3 Å². The van der Waals surface area contributed by atoms with Crippen LogP contribution in [0.15, 0.2) is 48.5 Å². The second kappa shape index (κ2) is 6.60. The van der Waals surface area contributed by atoms with Gasteiger partial charge in [0.1, 0.15) is 11.5 Å². The molecule has 0 bridgehead atoms. The number of phenolic OH excluding ortho intramolecular Hbond substituents is 1. The van der Waals surface area contributed by atoms with Crippen molar-refractivity contribution in [3.05, 3.63) is 59.7 Å². The van der Waals surface area contributed by atoms with Crippen molar-refractivity contribution in [1.82, 2.24) is 10.2 Å². The number of fused-ring (bicyclic) bond motifs is 3. The average Bonchev–Trinajstić information content (AvgIpc) is 3.02. The fraction of sp³-hybridized carbons (Fsp3) is 0.455. The second-order valence-electron chi connectivity index (χ2n) is 8.07. The third kappa shape index (κ3) is 2.68. The highest BCUT2D eigenvalue weighted by molar-refractivity contribution is 5.44. The molecule has 0 spiro atoms. The van der Waals surface area contributed by atoms with Crippen molar-refractivity contribution < 1.29 is 9.84 Å². The van der Waals surface area contributed by atoms with Crippen LogP contribution < -0.4 is 10.1 Å². The third-order valence-corrected chi connectivity index (χ3v) is 5.56. The summed E-state index contributed by atoms with van der Waals surface area (Å²) in [5.74, 6) is 2.08. The molecule has 2 aliphatic heterocycles. The van der Waals surface area contributed by atoms with Crippen LogP contribution in [0.2, 0.25) is 0 Å². The van der Waals surface area contributed by atoms with Crippen molar-refractivity contribution in [2.24, 2.45) is 11.8 Å². The monoisotopic (exact) mass is 352 g/mol. The molecule has 0 unspecified atom stereocenters. The maximum absolute atomic E-state index is 10.5. The summed E-state index contributed by atoms with van der Waals surface area (Å²) in [6.07, 6.45) is 0.191. The van der Waals surface area contributed by atoms with Crippen molar-refractivity contribution in [2.45, 2.75) is 52.2 Å². The lowest BCUT2D eigenvalue weighted by molar-refractivity contribution is -0.0712. The summed E-state index contributed by atoms with van der Waals surface area (Å²) < 4.78 is 6.43.